The van der Waals surface area contributed by atoms with Crippen molar-refractivity contribution < 1.29 is 4.39 Å². The average molecular weight is 256 g/mol. The van der Waals surface area contributed by atoms with E-state index in [1.807, 2.05) is 6.07 Å². The van der Waals surface area contributed by atoms with E-state index in [9.17, 15) is 4.39 Å². The van der Waals surface area contributed by atoms with E-state index in [0.29, 0.717) is 5.88 Å². The fraction of sp³-hybridized carbons (Fsp3) is 0.0833. The first kappa shape index (κ1) is 11.4. The monoisotopic (exact) mass is 255 g/mol. The molecule has 1 aromatic heterocycles. The minimum atomic E-state index is -0.435. The van der Waals surface area contributed by atoms with Crippen molar-refractivity contribution in [1.29, 1.82) is 0 Å². The van der Waals surface area contributed by atoms with E-state index in [4.69, 9.17) is 23.2 Å². The maximum Gasteiger partial charge on any atom is 0.142 e. The highest BCUT2D eigenvalue weighted by Crippen LogP contribution is 2.24. The molecule has 1 nitrogen and oxygen atoms in total. The lowest BCUT2D eigenvalue weighted by Gasteiger charge is -2.03. The van der Waals surface area contributed by atoms with Crippen LogP contribution in [0, 0.1) is 5.82 Å². The lowest BCUT2D eigenvalue weighted by atomic mass is 10.1. The zero-order chi connectivity index (χ0) is 11.5. The lowest BCUT2D eigenvalue weighted by molar-refractivity contribution is 0.629. The molecule has 0 fully saturated rings. The molecule has 82 valence electrons. The number of alkyl halides is 1. The number of nitrogens with zero attached hydrogens (tertiary/aromatic N) is 1. The van der Waals surface area contributed by atoms with Gasteiger partial charge in [0.1, 0.15) is 5.82 Å². The maximum absolute atomic E-state index is 13.3. The molecular weight excluding hydrogens is 248 g/mol. The van der Waals surface area contributed by atoms with Crippen molar-refractivity contribution in [2.24, 2.45) is 0 Å². The number of aromatic nitrogens is 1. The van der Waals surface area contributed by atoms with Crippen LogP contribution in [0.3, 0.4) is 0 Å². The van der Waals surface area contributed by atoms with Crippen molar-refractivity contribution in [3.8, 4) is 11.1 Å². The molecular formula is C12H8Cl2FN. The Labute approximate surface area is 103 Å². The topological polar surface area (TPSA) is 12.9 Å². The molecule has 0 N–H and O–H groups in total. The number of rotatable bonds is 2. The largest absolute Gasteiger partial charge is 0.264 e. The van der Waals surface area contributed by atoms with Crippen LogP contribution >= 0.6 is 23.2 Å². The summed E-state index contributed by atoms with van der Waals surface area (Å²) in [5.74, 6) is -0.0489. The number of benzene rings is 1. The summed E-state index contributed by atoms with van der Waals surface area (Å²) in [6.45, 7) is 0. The second-order valence-corrected chi connectivity index (χ2v) is 4.02. The third-order valence-electron chi connectivity index (χ3n) is 2.20. The van der Waals surface area contributed by atoms with Gasteiger partial charge in [0.15, 0.2) is 0 Å². The van der Waals surface area contributed by atoms with Crippen molar-refractivity contribution in [2.75, 3.05) is 0 Å². The molecule has 0 spiro atoms. The summed E-state index contributed by atoms with van der Waals surface area (Å²) in [6, 6.07) is 6.54. The minimum absolute atomic E-state index is 0.116. The van der Waals surface area contributed by atoms with Gasteiger partial charge in [-0.15, -0.1) is 11.6 Å². The zero-order valence-electron chi connectivity index (χ0n) is 8.25. The van der Waals surface area contributed by atoms with Crippen molar-refractivity contribution in [2.45, 2.75) is 5.88 Å². The number of halogens is 3. The summed E-state index contributed by atoms with van der Waals surface area (Å²) in [6.07, 6.45) is 3.35. The van der Waals surface area contributed by atoms with Gasteiger partial charge in [-0.05, 0) is 29.3 Å². The molecule has 0 saturated carbocycles. The highest BCUT2D eigenvalue weighted by atomic mass is 35.5. The highest BCUT2D eigenvalue weighted by molar-refractivity contribution is 6.30. The van der Waals surface area contributed by atoms with Crippen LogP contribution in [0.1, 0.15) is 5.56 Å². The summed E-state index contributed by atoms with van der Waals surface area (Å²) < 4.78 is 13.3. The predicted octanol–water partition coefficient (Wildman–Crippen LogP) is 4.28. The lowest BCUT2D eigenvalue weighted by Crippen LogP contribution is -1.86. The molecule has 0 aliphatic heterocycles. The second kappa shape index (κ2) is 4.81. The molecule has 2 rings (SSSR count). The third-order valence-corrected chi connectivity index (χ3v) is 2.82. The SMILES string of the molecule is Fc1cc(-c2cncc(CCl)c2)ccc1Cl. The van der Waals surface area contributed by atoms with E-state index >= 15 is 0 Å². The van der Waals surface area contributed by atoms with Gasteiger partial charge in [0.25, 0.3) is 0 Å². The Bertz CT molecular complexity index is 514. The summed E-state index contributed by atoms with van der Waals surface area (Å²) in [7, 11) is 0. The van der Waals surface area contributed by atoms with Crippen LogP contribution in [0.2, 0.25) is 5.02 Å². The van der Waals surface area contributed by atoms with Crippen molar-refractivity contribution >= 4 is 23.2 Å². The van der Waals surface area contributed by atoms with E-state index in [-0.39, 0.29) is 5.02 Å². The zero-order valence-corrected chi connectivity index (χ0v) is 9.76. The third kappa shape index (κ3) is 2.34. The summed E-state index contributed by atoms with van der Waals surface area (Å²) in [5.41, 5.74) is 2.46. The Morgan fingerprint density at radius 3 is 2.62 bits per heavy atom. The molecule has 0 bridgehead atoms. The Morgan fingerprint density at radius 2 is 1.94 bits per heavy atom. The maximum atomic E-state index is 13.3. The van der Waals surface area contributed by atoms with Gasteiger partial charge in [0.2, 0.25) is 0 Å². The van der Waals surface area contributed by atoms with Gasteiger partial charge >= 0.3 is 0 Å². The quantitative estimate of drug-likeness (QED) is 0.731. The molecule has 16 heavy (non-hydrogen) atoms. The van der Waals surface area contributed by atoms with Crippen LogP contribution in [0.25, 0.3) is 11.1 Å². The Hall–Kier alpha value is -1.12. The van der Waals surface area contributed by atoms with E-state index in [0.717, 1.165) is 16.7 Å². The number of pyridine rings is 1. The van der Waals surface area contributed by atoms with Crippen molar-refractivity contribution in [1.82, 2.24) is 4.98 Å². The van der Waals surface area contributed by atoms with E-state index in [1.54, 1.807) is 18.5 Å². The van der Waals surface area contributed by atoms with Crippen LogP contribution in [0.4, 0.5) is 4.39 Å². The highest BCUT2D eigenvalue weighted by Gasteiger charge is 2.04. The fourth-order valence-electron chi connectivity index (χ4n) is 1.39. The molecule has 0 unspecified atom stereocenters. The molecule has 0 aliphatic rings. The van der Waals surface area contributed by atoms with Gasteiger partial charge in [-0.1, -0.05) is 17.7 Å². The molecule has 0 saturated heterocycles. The molecule has 1 aromatic carbocycles. The molecule has 0 amide bonds. The van der Waals surface area contributed by atoms with Crippen LogP contribution in [0.5, 0.6) is 0 Å². The normalized spacial score (nSPS) is 10.4. The average Bonchev–Trinajstić information content (AvgIpc) is 2.33. The molecule has 0 radical (unpaired) electrons. The summed E-state index contributed by atoms with van der Waals surface area (Å²) in [4.78, 5) is 4.04. The molecule has 1 heterocycles. The second-order valence-electron chi connectivity index (χ2n) is 3.34. The van der Waals surface area contributed by atoms with Gasteiger partial charge in [-0.3, -0.25) is 4.98 Å². The van der Waals surface area contributed by atoms with E-state index in [1.165, 1.54) is 12.1 Å². The Kier molecular flexibility index (Phi) is 3.42. The fourth-order valence-corrected chi connectivity index (χ4v) is 1.66. The van der Waals surface area contributed by atoms with Crippen LogP contribution in [0.15, 0.2) is 36.7 Å². The van der Waals surface area contributed by atoms with Crippen LogP contribution in [-0.2, 0) is 5.88 Å². The standard InChI is InChI=1S/C12H8Cl2FN/c13-5-8-3-10(7-16-6-8)9-1-2-11(14)12(15)4-9/h1-4,6-7H,5H2. The van der Waals surface area contributed by atoms with Crippen LogP contribution < -0.4 is 0 Å². The first-order chi connectivity index (χ1) is 7.70. The van der Waals surface area contributed by atoms with Gasteiger partial charge < -0.3 is 0 Å². The molecule has 0 aliphatic carbocycles. The van der Waals surface area contributed by atoms with Gasteiger partial charge in [-0.25, -0.2) is 4.39 Å². The van der Waals surface area contributed by atoms with Crippen LogP contribution in [-0.4, -0.2) is 4.98 Å². The summed E-state index contributed by atoms with van der Waals surface area (Å²) in [5, 5.41) is 0.116. The molecule has 0 atom stereocenters. The Balaban J connectivity index is 2.46. The first-order valence-corrected chi connectivity index (χ1v) is 5.57. The van der Waals surface area contributed by atoms with E-state index in [2.05, 4.69) is 4.98 Å². The van der Waals surface area contributed by atoms with Crippen molar-refractivity contribution in [3.05, 3.63) is 53.1 Å². The Morgan fingerprint density at radius 1 is 1.12 bits per heavy atom. The predicted molar refractivity (Wildman–Crippen MR) is 64.2 cm³/mol. The molecule has 4 heteroatoms. The van der Waals surface area contributed by atoms with Gasteiger partial charge in [-0.2, -0.15) is 0 Å². The smallest absolute Gasteiger partial charge is 0.142 e. The van der Waals surface area contributed by atoms with Crippen molar-refractivity contribution in [3.63, 3.8) is 0 Å². The van der Waals surface area contributed by atoms with Gasteiger partial charge in [0.05, 0.1) is 5.02 Å². The first-order valence-electron chi connectivity index (χ1n) is 4.66. The van der Waals surface area contributed by atoms with Gasteiger partial charge in [0, 0.05) is 23.8 Å². The minimum Gasteiger partial charge on any atom is -0.264 e. The number of hydrogen-bond donors (Lipinski definition) is 0. The molecule has 2 aromatic rings. The van der Waals surface area contributed by atoms with E-state index < -0.39 is 5.82 Å². The summed E-state index contributed by atoms with van der Waals surface area (Å²) >= 11 is 11.3. The number of hydrogen-bond acceptors (Lipinski definition) is 1.